The molecule has 2 rings (SSSR count). The second-order valence-corrected chi connectivity index (χ2v) is 5.06. The highest BCUT2D eigenvalue weighted by atomic mass is 16.6. The molecule has 1 fully saturated rings. The van der Waals surface area contributed by atoms with Crippen molar-refractivity contribution in [2.24, 2.45) is 5.92 Å². The van der Waals surface area contributed by atoms with E-state index >= 15 is 0 Å². The fraction of sp³-hybridized carbons (Fsp3) is 0.692. The van der Waals surface area contributed by atoms with Gasteiger partial charge in [0.15, 0.2) is 0 Å². The van der Waals surface area contributed by atoms with Gasteiger partial charge >= 0.3 is 0 Å². The molecule has 1 heterocycles. The van der Waals surface area contributed by atoms with Gasteiger partial charge in [0, 0.05) is 19.0 Å². The van der Waals surface area contributed by atoms with Crippen molar-refractivity contribution in [3.8, 4) is 0 Å². The highest BCUT2D eigenvalue weighted by Crippen LogP contribution is 2.18. The molecular weight excluding hydrogens is 230 g/mol. The van der Waals surface area contributed by atoms with Crippen LogP contribution < -0.4 is 10.6 Å². The van der Waals surface area contributed by atoms with Crippen LogP contribution in [0.3, 0.4) is 0 Å². The highest BCUT2D eigenvalue weighted by molar-refractivity contribution is 5.21. The lowest BCUT2D eigenvalue weighted by atomic mass is 9.97. The van der Waals surface area contributed by atoms with E-state index < -0.39 is 0 Å². The zero-order valence-corrected chi connectivity index (χ0v) is 10.7. The molecular formula is C13H21N3O2. The minimum absolute atomic E-state index is 0.282. The van der Waals surface area contributed by atoms with Gasteiger partial charge in [-0.05, 0) is 44.8 Å². The second kappa shape index (κ2) is 6.66. The first kappa shape index (κ1) is 13.2. The van der Waals surface area contributed by atoms with Gasteiger partial charge in [0.2, 0.25) is 5.70 Å². The average Bonchev–Trinajstić information content (AvgIpc) is 2.40. The molecule has 18 heavy (non-hydrogen) atoms. The molecule has 1 aliphatic heterocycles. The second-order valence-electron chi connectivity index (χ2n) is 5.06. The summed E-state index contributed by atoms with van der Waals surface area (Å²) < 4.78 is 0. The van der Waals surface area contributed by atoms with E-state index in [4.69, 9.17) is 0 Å². The summed E-state index contributed by atoms with van der Waals surface area (Å²) in [5, 5.41) is 17.4. The monoisotopic (exact) mass is 251 g/mol. The number of nitrogens with zero attached hydrogens (tertiary/aromatic N) is 1. The van der Waals surface area contributed by atoms with Crippen LogP contribution in [0.5, 0.6) is 0 Å². The van der Waals surface area contributed by atoms with E-state index in [1.165, 1.54) is 18.4 Å². The topological polar surface area (TPSA) is 67.2 Å². The molecule has 0 unspecified atom stereocenters. The summed E-state index contributed by atoms with van der Waals surface area (Å²) in [7, 11) is 0. The average molecular weight is 251 g/mol. The van der Waals surface area contributed by atoms with Crippen molar-refractivity contribution in [1.29, 1.82) is 0 Å². The standard InChI is InChI=1S/C13H21N3O2/c17-16(18)13-3-1-11(2-4-13)9-15-10-12-5-7-14-8-6-12/h1,3,12,14-15H,2,4-10H2. The minimum atomic E-state index is -0.282. The normalized spacial score (nSPS) is 21.3. The first-order chi connectivity index (χ1) is 8.75. The quantitative estimate of drug-likeness (QED) is 0.573. The Kier molecular flexibility index (Phi) is 4.90. The first-order valence-electron chi connectivity index (χ1n) is 6.70. The molecule has 0 bridgehead atoms. The van der Waals surface area contributed by atoms with Crippen molar-refractivity contribution in [1.82, 2.24) is 10.6 Å². The van der Waals surface area contributed by atoms with Crippen molar-refractivity contribution in [2.45, 2.75) is 25.7 Å². The Morgan fingerprint density at radius 1 is 1.33 bits per heavy atom. The van der Waals surface area contributed by atoms with Crippen molar-refractivity contribution >= 4 is 0 Å². The molecule has 0 aromatic rings. The zero-order valence-electron chi connectivity index (χ0n) is 10.7. The van der Waals surface area contributed by atoms with Gasteiger partial charge in [-0.1, -0.05) is 11.6 Å². The molecule has 2 aliphatic rings. The lowest BCUT2D eigenvalue weighted by Gasteiger charge is -2.23. The largest absolute Gasteiger partial charge is 0.317 e. The summed E-state index contributed by atoms with van der Waals surface area (Å²) in [5.41, 5.74) is 1.60. The maximum atomic E-state index is 10.6. The number of piperidine rings is 1. The van der Waals surface area contributed by atoms with Crippen molar-refractivity contribution in [3.05, 3.63) is 33.5 Å². The molecule has 0 radical (unpaired) electrons. The van der Waals surface area contributed by atoms with Crippen LogP contribution in [0.2, 0.25) is 0 Å². The summed E-state index contributed by atoms with van der Waals surface area (Å²) >= 11 is 0. The van der Waals surface area contributed by atoms with Crippen LogP contribution in [0.4, 0.5) is 0 Å². The number of allylic oxidation sites excluding steroid dienone is 3. The van der Waals surface area contributed by atoms with Crippen LogP contribution in [-0.2, 0) is 0 Å². The molecule has 0 amide bonds. The Labute approximate surface area is 107 Å². The van der Waals surface area contributed by atoms with Gasteiger partial charge in [0.1, 0.15) is 0 Å². The number of hydrogen-bond acceptors (Lipinski definition) is 4. The van der Waals surface area contributed by atoms with E-state index in [0.29, 0.717) is 12.1 Å². The molecule has 0 spiro atoms. The third-order valence-electron chi connectivity index (χ3n) is 3.69. The number of hydrogen-bond donors (Lipinski definition) is 2. The van der Waals surface area contributed by atoms with E-state index in [1.54, 1.807) is 6.08 Å². The lowest BCUT2D eigenvalue weighted by molar-refractivity contribution is -0.428. The van der Waals surface area contributed by atoms with Crippen molar-refractivity contribution < 1.29 is 4.92 Å². The smallest absolute Gasteiger partial charge is 0.246 e. The highest BCUT2D eigenvalue weighted by Gasteiger charge is 2.16. The van der Waals surface area contributed by atoms with Gasteiger partial charge in [-0.2, -0.15) is 0 Å². The van der Waals surface area contributed by atoms with Crippen LogP contribution >= 0.6 is 0 Å². The third kappa shape index (κ3) is 3.92. The van der Waals surface area contributed by atoms with Crippen LogP contribution in [0.1, 0.15) is 25.7 Å². The number of nitro groups is 1. The van der Waals surface area contributed by atoms with Gasteiger partial charge < -0.3 is 10.6 Å². The Morgan fingerprint density at radius 3 is 2.72 bits per heavy atom. The van der Waals surface area contributed by atoms with E-state index in [-0.39, 0.29) is 4.92 Å². The molecule has 2 N–H and O–H groups in total. The molecule has 1 saturated heterocycles. The van der Waals surface area contributed by atoms with Gasteiger partial charge in [0.05, 0.1) is 4.92 Å². The van der Waals surface area contributed by atoms with Gasteiger partial charge in [0.25, 0.3) is 0 Å². The maximum Gasteiger partial charge on any atom is 0.246 e. The van der Waals surface area contributed by atoms with Crippen LogP contribution in [0, 0.1) is 16.0 Å². The fourth-order valence-corrected chi connectivity index (χ4v) is 2.49. The molecule has 1 aliphatic carbocycles. The van der Waals surface area contributed by atoms with Gasteiger partial charge in [-0.3, -0.25) is 10.1 Å². The predicted octanol–water partition coefficient (Wildman–Crippen LogP) is 1.46. The molecule has 0 atom stereocenters. The number of nitrogens with one attached hydrogen (secondary N) is 2. The Hall–Kier alpha value is -1.20. The predicted molar refractivity (Wildman–Crippen MR) is 70.9 cm³/mol. The molecule has 0 saturated carbocycles. The summed E-state index contributed by atoms with van der Waals surface area (Å²) in [6.45, 7) is 4.18. The minimum Gasteiger partial charge on any atom is -0.317 e. The number of rotatable bonds is 5. The van der Waals surface area contributed by atoms with Crippen LogP contribution in [0.25, 0.3) is 0 Å². The maximum absolute atomic E-state index is 10.6. The third-order valence-corrected chi connectivity index (χ3v) is 3.69. The fourth-order valence-electron chi connectivity index (χ4n) is 2.49. The first-order valence-corrected chi connectivity index (χ1v) is 6.70. The lowest BCUT2D eigenvalue weighted by Crippen LogP contribution is -2.34. The molecule has 5 heteroatoms. The van der Waals surface area contributed by atoms with E-state index in [9.17, 15) is 10.1 Å². The van der Waals surface area contributed by atoms with Crippen LogP contribution in [-0.4, -0.2) is 31.1 Å². The molecule has 0 aromatic carbocycles. The Morgan fingerprint density at radius 2 is 2.11 bits per heavy atom. The zero-order chi connectivity index (χ0) is 12.8. The van der Waals surface area contributed by atoms with Crippen LogP contribution in [0.15, 0.2) is 23.4 Å². The SMILES string of the molecule is O=[N+]([O-])C1=CC=C(CNCC2CCNCC2)CC1. The Balaban J connectivity index is 1.69. The summed E-state index contributed by atoms with van der Waals surface area (Å²) in [4.78, 5) is 10.3. The summed E-state index contributed by atoms with van der Waals surface area (Å²) in [5.74, 6) is 0.778. The van der Waals surface area contributed by atoms with E-state index in [1.807, 2.05) is 6.08 Å². The summed E-state index contributed by atoms with van der Waals surface area (Å²) in [6.07, 6.45) is 7.41. The van der Waals surface area contributed by atoms with Crippen molar-refractivity contribution in [2.75, 3.05) is 26.2 Å². The van der Waals surface area contributed by atoms with E-state index in [2.05, 4.69) is 10.6 Å². The molecule has 0 aromatic heterocycles. The van der Waals surface area contributed by atoms with Gasteiger partial charge in [-0.25, -0.2) is 0 Å². The molecule has 100 valence electrons. The van der Waals surface area contributed by atoms with E-state index in [0.717, 1.165) is 38.5 Å². The van der Waals surface area contributed by atoms with Gasteiger partial charge in [-0.15, -0.1) is 0 Å². The molecule has 5 nitrogen and oxygen atoms in total. The van der Waals surface area contributed by atoms with Crippen molar-refractivity contribution in [3.63, 3.8) is 0 Å². The Bertz CT molecular complexity index is 357. The summed E-state index contributed by atoms with van der Waals surface area (Å²) in [6, 6.07) is 0.